The summed E-state index contributed by atoms with van der Waals surface area (Å²) in [6.07, 6.45) is 3.93. The minimum absolute atomic E-state index is 0.138. The second-order valence-electron chi connectivity index (χ2n) is 5.34. The fourth-order valence-electron chi connectivity index (χ4n) is 3.26. The Balaban J connectivity index is 2.28. The van der Waals surface area contributed by atoms with Crippen molar-refractivity contribution in [2.24, 2.45) is 11.8 Å². The highest BCUT2D eigenvalue weighted by atomic mass is 19.1. The molecule has 1 aromatic carbocycles. The Hall–Kier alpha value is -0.890. The minimum Gasteiger partial charge on any atom is -0.313 e. The Morgan fingerprint density at radius 3 is 2.65 bits per heavy atom. The van der Waals surface area contributed by atoms with E-state index in [1.807, 2.05) is 20.0 Å². The lowest BCUT2D eigenvalue weighted by Crippen LogP contribution is -2.27. The summed E-state index contributed by atoms with van der Waals surface area (Å²) in [5.41, 5.74) is 2.32. The third kappa shape index (κ3) is 2.52. The molecule has 0 heterocycles. The first-order chi connectivity index (χ1) is 8.13. The lowest BCUT2D eigenvalue weighted by molar-refractivity contribution is 0.314. The lowest BCUT2D eigenvalue weighted by Gasteiger charge is -2.28. The summed E-state index contributed by atoms with van der Waals surface area (Å²) in [7, 11) is 2.01. The van der Waals surface area contributed by atoms with Crippen LogP contribution in [0.15, 0.2) is 18.2 Å². The van der Waals surface area contributed by atoms with Crippen LogP contribution in [0.3, 0.4) is 0 Å². The Bertz CT molecular complexity index is 389. The molecule has 0 aliphatic heterocycles. The molecule has 2 heteroatoms. The first-order valence-electron chi connectivity index (χ1n) is 6.56. The van der Waals surface area contributed by atoms with Gasteiger partial charge in [-0.25, -0.2) is 4.39 Å². The monoisotopic (exact) mass is 235 g/mol. The van der Waals surface area contributed by atoms with Crippen molar-refractivity contribution in [3.8, 4) is 0 Å². The van der Waals surface area contributed by atoms with Crippen molar-refractivity contribution in [3.05, 3.63) is 35.1 Å². The molecule has 1 fully saturated rings. The van der Waals surface area contributed by atoms with Crippen LogP contribution in [-0.2, 0) is 0 Å². The average Bonchev–Trinajstić information content (AvgIpc) is 2.69. The summed E-state index contributed by atoms with van der Waals surface area (Å²) in [5, 5.41) is 3.43. The molecule has 0 amide bonds. The van der Waals surface area contributed by atoms with Gasteiger partial charge in [0.1, 0.15) is 5.82 Å². The highest BCUT2D eigenvalue weighted by Gasteiger charge is 2.31. The van der Waals surface area contributed by atoms with Crippen molar-refractivity contribution < 1.29 is 4.39 Å². The molecule has 1 aromatic rings. The number of halogens is 1. The summed E-state index contributed by atoms with van der Waals surface area (Å²) in [5.74, 6) is 1.31. The molecular weight excluding hydrogens is 213 g/mol. The highest BCUT2D eigenvalue weighted by molar-refractivity contribution is 5.30. The highest BCUT2D eigenvalue weighted by Crippen LogP contribution is 2.40. The van der Waals surface area contributed by atoms with Crippen LogP contribution in [0.2, 0.25) is 0 Å². The van der Waals surface area contributed by atoms with E-state index in [0.717, 1.165) is 11.5 Å². The Labute approximate surface area is 103 Å². The molecule has 0 bridgehead atoms. The van der Waals surface area contributed by atoms with Gasteiger partial charge in [0, 0.05) is 6.04 Å². The van der Waals surface area contributed by atoms with E-state index in [4.69, 9.17) is 0 Å². The number of benzene rings is 1. The van der Waals surface area contributed by atoms with Gasteiger partial charge in [0.25, 0.3) is 0 Å². The summed E-state index contributed by atoms with van der Waals surface area (Å²) < 4.78 is 13.1. The summed E-state index contributed by atoms with van der Waals surface area (Å²) in [6.45, 7) is 4.34. The van der Waals surface area contributed by atoms with Crippen LogP contribution in [0, 0.1) is 24.6 Å². The Kier molecular flexibility index (Phi) is 3.82. The molecule has 0 spiro atoms. The van der Waals surface area contributed by atoms with Crippen LogP contribution in [0.5, 0.6) is 0 Å². The maximum Gasteiger partial charge on any atom is 0.123 e. The minimum atomic E-state index is -0.138. The van der Waals surface area contributed by atoms with Crippen molar-refractivity contribution in [1.29, 1.82) is 0 Å². The Morgan fingerprint density at radius 1 is 1.35 bits per heavy atom. The lowest BCUT2D eigenvalue weighted by atomic mass is 9.84. The summed E-state index contributed by atoms with van der Waals surface area (Å²) in [6, 6.07) is 5.52. The number of hydrogen-bond acceptors (Lipinski definition) is 1. The van der Waals surface area contributed by atoms with Crippen molar-refractivity contribution >= 4 is 0 Å². The molecule has 1 N–H and O–H groups in total. The predicted molar refractivity (Wildman–Crippen MR) is 69.4 cm³/mol. The van der Waals surface area contributed by atoms with E-state index in [1.54, 1.807) is 12.1 Å². The smallest absolute Gasteiger partial charge is 0.123 e. The molecule has 3 atom stereocenters. The van der Waals surface area contributed by atoms with Gasteiger partial charge in [-0.05, 0) is 55.5 Å². The molecule has 1 aliphatic carbocycles. The SMILES string of the molecule is CNC(c1ccc(F)cc1C)C1CCCC1C. The molecule has 0 saturated heterocycles. The van der Waals surface area contributed by atoms with Crippen molar-refractivity contribution in [2.45, 2.75) is 39.2 Å². The van der Waals surface area contributed by atoms with Crippen molar-refractivity contribution in [3.63, 3.8) is 0 Å². The molecular formula is C15H22FN. The molecule has 1 nitrogen and oxygen atoms in total. The van der Waals surface area contributed by atoms with Crippen molar-refractivity contribution in [1.82, 2.24) is 5.32 Å². The van der Waals surface area contributed by atoms with E-state index in [2.05, 4.69) is 12.2 Å². The van der Waals surface area contributed by atoms with Gasteiger partial charge in [-0.2, -0.15) is 0 Å². The van der Waals surface area contributed by atoms with E-state index in [-0.39, 0.29) is 5.82 Å². The molecule has 17 heavy (non-hydrogen) atoms. The average molecular weight is 235 g/mol. The summed E-state index contributed by atoms with van der Waals surface area (Å²) in [4.78, 5) is 0. The molecule has 0 radical (unpaired) electrons. The third-order valence-corrected chi connectivity index (χ3v) is 4.23. The summed E-state index contributed by atoms with van der Waals surface area (Å²) >= 11 is 0. The molecule has 1 aliphatic rings. The molecule has 1 saturated carbocycles. The Morgan fingerprint density at radius 2 is 2.12 bits per heavy atom. The fraction of sp³-hybridized carbons (Fsp3) is 0.600. The van der Waals surface area contributed by atoms with Gasteiger partial charge < -0.3 is 5.32 Å². The maximum absolute atomic E-state index is 13.1. The van der Waals surface area contributed by atoms with Gasteiger partial charge in [0.05, 0.1) is 0 Å². The largest absolute Gasteiger partial charge is 0.313 e. The van der Waals surface area contributed by atoms with Gasteiger partial charge in [-0.1, -0.05) is 25.8 Å². The molecule has 3 unspecified atom stereocenters. The van der Waals surface area contributed by atoms with Crippen LogP contribution < -0.4 is 5.32 Å². The normalized spacial score (nSPS) is 26.1. The zero-order chi connectivity index (χ0) is 12.4. The van der Waals surface area contributed by atoms with Crippen molar-refractivity contribution in [2.75, 3.05) is 7.05 Å². The fourth-order valence-corrected chi connectivity index (χ4v) is 3.26. The van der Waals surface area contributed by atoms with Gasteiger partial charge in [-0.15, -0.1) is 0 Å². The second-order valence-corrected chi connectivity index (χ2v) is 5.34. The zero-order valence-electron chi connectivity index (χ0n) is 11.0. The van der Waals surface area contributed by atoms with Gasteiger partial charge in [0.2, 0.25) is 0 Å². The van der Waals surface area contributed by atoms with Crippen LogP contribution in [-0.4, -0.2) is 7.05 Å². The molecule has 94 valence electrons. The number of rotatable bonds is 3. The van der Waals surface area contributed by atoms with E-state index in [0.29, 0.717) is 12.0 Å². The van der Waals surface area contributed by atoms with Gasteiger partial charge in [0.15, 0.2) is 0 Å². The topological polar surface area (TPSA) is 12.0 Å². The van der Waals surface area contributed by atoms with E-state index >= 15 is 0 Å². The zero-order valence-corrected chi connectivity index (χ0v) is 11.0. The maximum atomic E-state index is 13.1. The first kappa shape index (κ1) is 12.6. The standard InChI is InChI=1S/C15H22FN/c1-10-5-4-6-13(10)15(17-3)14-8-7-12(16)9-11(14)2/h7-10,13,15,17H,4-6H2,1-3H3. The van der Waals surface area contributed by atoms with Gasteiger partial charge in [-0.3, -0.25) is 0 Å². The second kappa shape index (κ2) is 5.18. The molecule has 2 rings (SSSR count). The van der Waals surface area contributed by atoms with Crippen LogP contribution in [0.25, 0.3) is 0 Å². The quantitative estimate of drug-likeness (QED) is 0.839. The first-order valence-corrected chi connectivity index (χ1v) is 6.56. The van der Waals surface area contributed by atoms with E-state index in [1.165, 1.54) is 24.8 Å². The van der Waals surface area contributed by atoms with Crippen LogP contribution >= 0.6 is 0 Å². The molecule has 0 aromatic heterocycles. The number of hydrogen-bond donors (Lipinski definition) is 1. The van der Waals surface area contributed by atoms with Gasteiger partial charge >= 0.3 is 0 Å². The number of aryl methyl sites for hydroxylation is 1. The van der Waals surface area contributed by atoms with Crippen LogP contribution in [0.1, 0.15) is 43.4 Å². The third-order valence-electron chi connectivity index (χ3n) is 4.23. The predicted octanol–water partition coefficient (Wildman–Crippen LogP) is 3.83. The van der Waals surface area contributed by atoms with Crippen LogP contribution in [0.4, 0.5) is 4.39 Å². The number of nitrogens with one attached hydrogen (secondary N) is 1. The van der Waals surface area contributed by atoms with E-state index < -0.39 is 0 Å². The van der Waals surface area contributed by atoms with E-state index in [9.17, 15) is 4.39 Å².